The van der Waals surface area contributed by atoms with E-state index in [0.29, 0.717) is 0 Å². The van der Waals surface area contributed by atoms with Gasteiger partial charge in [-0.05, 0) is 18.1 Å². The average Bonchev–Trinajstić information content (AvgIpc) is 2.28. The third kappa shape index (κ3) is 3.52. The van der Waals surface area contributed by atoms with E-state index in [0.717, 1.165) is 6.42 Å². The molecule has 1 unspecified atom stereocenters. The molecular formula is C12H19NOS. The number of nitrogens with two attached hydrogens (primary N) is 1. The van der Waals surface area contributed by atoms with E-state index in [1.54, 1.807) is 11.8 Å². The normalized spacial score (nSPS) is 14.9. The van der Waals surface area contributed by atoms with Gasteiger partial charge in [0.1, 0.15) is 0 Å². The molecule has 0 aromatic heterocycles. The Morgan fingerprint density at radius 1 is 1.40 bits per heavy atom. The van der Waals surface area contributed by atoms with Crippen molar-refractivity contribution >= 4 is 11.8 Å². The van der Waals surface area contributed by atoms with E-state index < -0.39 is 0 Å². The van der Waals surface area contributed by atoms with Crippen molar-refractivity contribution in [3.8, 4) is 0 Å². The fourth-order valence-corrected chi connectivity index (χ4v) is 2.39. The molecule has 15 heavy (non-hydrogen) atoms. The van der Waals surface area contributed by atoms with Gasteiger partial charge in [0.2, 0.25) is 0 Å². The summed E-state index contributed by atoms with van der Waals surface area (Å²) in [4.78, 5) is 1.19. The Bertz CT molecular complexity index is 303. The Labute approximate surface area is 95.9 Å². The number of thioether (sulfide) groups is 1. The molecular weight excluding hydrogens is 206 g/mol. The molecule has 0 saturated heterocycles. The summed E-state index contributed by atoms with van der Waals surface area (Å²) in [5, 5.41) is 9.25. The largest absolute Gasteiger partial charge is 0.395 e. The molecule has 3 heteroatoms. The second kappa shape index (κ2) is 6.16. The SMILES string of the molecule is CC[C@@H](N)c1ccccc1SC(C)CO. The summed E-state index contributed by atoms with van der Waals surface area (Å²) >= 11 is 1.68. The monoisotopic (exact) mass is 225 g/mol. The van der Waals surface area contributed by atoms with Crippen molar-refractivity contribution in [3.05, 3.63) is 29.8 Å². The van der Waals surface area contributed by atoms with E-state index in [1.165, 1.54) is 10.5 Å². The average molecular weight is 225 g/mol. The predicted molar refractivity (Wildman–Crippen MR) is 66.1 cm³/mol. The van der Waals surface area contributed by atoms with E-state index in [1.807, 2.05) is 19.1 Å². The second-order valence-corrected chi connectivity index (χ2v) is 5.14. The number of hydrogen-bond acceptors (Lipinski definition) is 3. The molecule has 1 rings (SSSR count). The van der Waals surface area contributed by atoms with Crippen LogP contribution >= 0.6 is 11.8 Å². The summed E-state index contributed by atoms with van der Waals surface area (Å²) in [7, 11) is 0. The topological polar surface area (TPSA) is 46.2 Å². The smallest absolute Gasteiger partial charge is 0.0550 e. The zero-order chi connectivity index (χ0) is 11.3. The zero-order valence-electron chi connectivity index (χ0n) is 9.31. The van der Waals surface area contributed by atoms with Crippen molar-refractivity contribution in [1.29, 1.82) is 0 Å². The highest BCUT2D eigenvalue weighted by atomic mass is 32.2. The summed E-state index contributed by atoms with van der Waals surface area (Å²) in [5.74, 6) is 0. The molecule has 1 aromatic carbocycles. The number of rotatable bonds is 5. The van der Waals surface area contributed by atoms with Crippen LogP contribution in [0.2, 0.25) is 0 Å². The lowest BCUT2D eigenvalue weighted by atomic mass is 10.1. The molecule has 0 aliphatic heterocycles. The molecule has 2 nitrogen and oxygen atoms in total. The van der Waals surface area contributed by atoms with Crippen LogP contribution < -0.4 is 5.73 Å². The molecule has 2 atom stereocenters. The van der Waals surface area contributed by atoms with Gasteiger partial charge in [0.05, 0.1) is 6.61 Å². The highest BCUT2D eigenvalue weighted by Gasteiger charge is 2.11. The lowest BCUT2D eigenvalue weighted by molar-refractivity contribution is 0.300. The third-order valence-electron chi connectivity index (χ3n) is 2.34. The highest BCUT2D eigenvalue weighted by Crippen LogP contribution is 2.30. The van der Waals surface area contributed by atoms with Gasteiger partial charge < -0.3 is 10.8 Å². The fraction of sp³-hybridized carbons (Fsp3) is 0.500. The van der Waals surface area contributed by atoms with Crippen molar-refractivity contribution < 1.29 is 5.11 Å². The molecule has 0 heterocycles. The Kier molecular flexibility index (Phi) is 5.15. The van der Waals surface area contributed by atoms with E-state index >= 15 is 0 Å². The Hall–Kier alpha value is -0.510. The molecule has 0 radical (unpaired) electrons. The third-order valence-corrected chi connectivity index (χ3v) is 3.52. The number of hydrogen-bond donors (Lipinski definition) is 2. The van der Waals surface area contributed by atoms with Crippen LogP contribution in [-0.4, -0.2) is 17.0 Å². The first-order valence-corrected chi connectivity index (χ1v) is 6.19. The Morgan fingerprint density at radius 2 is 2.07 bits per heavy atom. The Morgan fingerprint density at radius 3 is 2.67 bits per heavy atom. The lowest BCUT2D eigenvalue weighted by Gasteiger charge is -2.16. The Balaban J connectivity index is 2.86. The van der Waals surface area contributed by atoms with Gasteiger partial charge in [0.15, 0.2) is 0 Å². The summed E-state index contributed by atoms with van der Waals surface area (Å²) in [6.45, 7) is 4.29. The van der Waals surface area contributed by atoms with Gasteiger partial charge in [-0.2, -0.15) is 0 Å². The van der Waals surface area contributed by atoms with Crippen molar-refractivity contribution in [3.63, 3.8) is 0 Å². The van der Waals surface area contributed by atoms with Crippen LogP contribution in [0, 0.1) is 0 Å². The summed E-state index contributed by atoms with van der Waals surface area (Å²) < 4.78 is 0. The first kappa shape index (κ1) is 12.6. The molecule has 0 bridgehead atoms. The summed E-state index contributed by atoms with van der Waals surface area (Å²) in [6, 6.07) is 8.26. The van der Waals surface area contributed by atoms with Gasteiger partial charge >= 0.3 is 0 Å². The van der Waals surface area contributed by atoms with Crippen LogP contribution in [-0.2, 0) is 0 Å². The zero-order valence-corrected chi connectivity index (χ0v) is 10.1. The maximum Gasteiger partial charge on any atom is 0.0550 e. The fourth-order valence-electron chi connectivity index (χ4n) is 1.37. The quantitative estimate of drug-likeness (QED) is 0.757. The van der Waals surface area contributed by atoms with E-state index in [9.17, 15) is 0 Å². The molecule has 1 aromatic rings. The molecule has 0 aliphatic carbocycles. The van der Waals surface area contributed by atoms with Gasteiger partial charge in [-0.15, -0.1) is 11.8 Å². The predicted octanol–water partition coefficient (Wildman–Crippen LogP) is 2.57. The van der Waals surface area contributed by atoms with Crippen LogP contribution in [0.25, 0.3) is 0 Å². The molecule has 0 saturated carbocycles. The van der Waals surface area contributed by atoms with Crippen LogP contribution in [0.1, 0.15) is 31.9 Å². The van der Waals surface area contributed by atoms with Crippen molar-refractivity contribution in [2.45, 2.75) is 36.5 Å². The van der Waals surface area contributed by atoms with Gasteiger partial charge in [-0.25, -0.2) is 0 Å². The van der Waals surface area contributed by atoms with Crippen molar-refractivity contribution in [2.24, 2.45) is 5.73 Å². The molecule has 84 valence electrons. The summed E-state index contributed by atoms with van der Waals surface area (Å²) in [5.41, 5.74) is 7.22. The molecule has 0 aliphatic rings. The van der Waals surface area contributed by atoms with Crippen LogP contribution in [0.3, 0.4) is 0 Å². The van der Waals surface area contributed by atoms with E-state index in [2.05, 4.69) is 19.1 Å². The second-order valence-electron chi connectivity index (χ2n) is 3.66. The minimum absolute atomic E-state index is 0.0968. The maximum absolute atomic E-state index is 9.03. The van der Waals surface area contributed by atoms with Gasteiger partial charge in [-0.1, -0.05) is 32.0 Å². The maximum atomic E-state index is 9.03. The molecule has 3 N–H and O–H groups in total. The standard InChI is InChI=1S/C12H19NOS/c1-3-11(13)10-6-4-5-7-12(10)15-9(2)8-14/h4-7,9,11,14H,3,8,13H2,1-2H3/t9?,11-/m1/s1. The number of benzene rings is 1. The van der Waals surface area contributed by atoms with Crippen LogP contribution in [0.15, 0.2) is 29.2 Å². The van der Waals surface area contributed by atoms with Gasteiger partial charge in [-0.3, -0.25) is 0 Å². The van der Waals surface area contributed by atoms with Gasteiger partial charge in [0.25, 0.3) is 0 Å². The molecule has 0 fully saturated rings. The molecule has 0 spiro atoms. The first-order chi connectivity index (χ1) is 7.19. The van der Waals surface area contributed by atoms with E-state index in [-0.39, 0.29) is 17.9 Å². The minimum Gasteiger partial charge on any atom is -0.395 e. The first-order valence-electron chi connectivity index (χ1n) is 5.31. The van der Waals surface area contributed by atoms with Crippen LogP contribution in [0.5, 0.6) is 0 Å². The number of aliphatic hydroxyl groups excluding tert-OH is 1. The van der Waals surface area contributed by atoms with Gasteiger partial charge in [0, 0.05) is 16.2 Å². The summed E-state index contributed by atoms with van der Waals surface area (Å²) in [6.07, 6.45) is 0.936. The lowest BCUT2D eigenvalue weighted by Crippen LogP contribution is -2.11. The number of aliphatic hydroxyl groups is 1. The minimum atomic E-state index is 0.0968. The highest BCUT2D eigenvalue weighted by molar-refractivity contribution is 8.00. The van der Waals surface area contributed by atoms with Crippen molar-refractivity contribution in [2.75, 3.05) is 6.61 Å². The van der Waals surface area contributed by atoms with Crippen molar-refractivity contribution in [1.82, 2.24) is 0 Å². The molecule has 0 amide bonds. The van der Waals surface area contributed by atoms with E-state index in [4.69, 9.17) is 10.8 Å². The van der Waals surface area contributed by atoms with Crippen LogP contribution in [0.4, 0.5) is 0 Å².